The Morgan fingerprint density at radius 3 is 2.39 bits per heavy atom. The van der Waals surface area contributed by atoms with Crippen molar-refractivity contribution in [1.29, 1.82) is 0 Å². The summed E-state index contributed by atoms with van der Waals surface area (Å²) in [4.78, 5) is 31.1. The topological polar surface area (TPSA) is 54.8 Å². The van der Waals surface area contributed by atoms with Gasteiger partial charge in [-0.05, 0) is 60.1 Å². The smallest absolute Gasteiger partial charge is 0.242 e. The molecule has 1 fully saturated rings. The summed E-state index contributed by atoms with van der Waals surface area (Å²) in [7, 11) is 1.68. The summed E-state index contributed by atoms with van der Waals surface area (Å²) in [5, 5.41) is 0. The van der Waals surface area contributed by atoms with Crippen LogP contribution >= 0.6 is 0 Å². The molecule has 4 rings (SSSR count). The summed E-state index contributed by atoms with van der Waals surface area (Å²) in [6, 6.07) is 22.3. The van der Waals surface area contributed by atoms with E-state index in [-0.39, 0.29) is 18.4 Å². The number of amides is 2. The van der Waals surface area contributed by atoms with Gasteiger partial charge in [0.1, 0.15) is 5.75 Å². The molecule has 220 valence electrons. The number of carbonyl (C=O) groups is 2. The van der Waals surface area contributed by atoms with Gasteiger partial charge < -0.3 is 19.1 Å². The van der Waals surface area contributed by atoms with Crippen LogP contribution in [0.5, 0.6) is 5.75 Å². The number of ether oxygens (including phenoxy) is 1. The summed E-state index contributed by atoms with van der Waals surface area (Å²) >= 11 is 0. The largest absolute Gasteiger partial charge is 0.497 e. The number of hydrogen-bond acceptors (Lipinski definition) is 3. The molecule has 1 heterocycles. The molecule has 1 aromatic heterocycles. The second-order valence-corrected chi connectivity index (χ2v) is 11.9. The van der Waals surface area contributed by atoms with E-state index in [9.17, 15) is 9.59 Å². The van der Waals surface area contributed by atoms with E-state index in [1.54, 1.807) is 7.11 Å². The maximum atomic E-state index is 14.0. The van der Waals surface area contributed by atoms with Crippen molar-refractivity contribution in [2.75, 3.05) is 20.2 Å². The first-order valence-electron chi connectivity index (χ1n) is 15.3. The van der Waals surface area contributed by atoms with E-state index in [4.69, 9.17) is 4.74 Å². The molecule has 0 saturated heterocycles. The summed E-state index contributed by atoms with van der Waals surface area (Å²) in [5.41, 5.74) is 3.27. The normalized spacial score (nSPS) is 13.5. The molecule has 0 N–H and O–H groups in total. The van der Waals surface area contributed by atoms with Crippen LogP contribution in [0.1, 0.15) is 75.6 Å². The summed E-state index contributed by atoms with van der Waals surface area (Å²) in [6.45, 7) is 6.74. The van der Waals surface area contributed by atoms with Crippen LogP contribution < -0.4 is 4.74 Å². The zero-order valence-electron chi connectivity index (χ0n) is 25.1. The first kappa shape index (κ1) is 30.4. The molecule has 2 aromatic carbocycles. The number of benzene rings is 2. The third kappa shape index (κ3) is 9.51. The summed E-state index contributed by atoms with van der Waals surface area (Å²) in [5.74, 6) is 2.06. The molecule has 6 nitrogen and oxygen atoms in total. The molecular formula is C35H47N3O3. The lowest BCUT2D eigenvalue weighted by molar-refractivity contribution is -0.141. The Hall–Kier alpha value is -3.54. The van der Waals surface area contributed by atoms with Gasteiger partial charge in [-0.25, -0.2) is 0 Å². The van der Waals surface area contributed by atoms with Crippen molar-refractivity contribution in [2.45, 2.75) is 78.4 Å². The average Bonchev–Trinajstić information content (AvgIpc) is 3.66. The number of methoxy groups -OCH3 is 1. The van der Waals surface area contributed by atoms with Gasteiger partial charge in [-0.2, -0.15) is 0 Å². The van der Waals surface area contributed by atoms with Gasteiger partial charge in [0, 0.05) is 37.9 Å². The SMILES string of the molecule is COc1cccc(Cn2cccc2CN(Cc2ccccc2)C(=O)CN(CCC(C)C)C(=O)CCC2CCCC2)c1. The van der Waals surface area contributed by atoms with Crippen molar-refractivity contribution in [2.24, 2.45) is 11.8 Å². The first-order chi connectivity index (χ1) is 19.9. The van der Waals surface area contributed by atoms with Crippen molar-refractivity contribution in [3.8, 4) is 5.75 Å². The fourth-order valence-corrected chi connectivity index (χ4v) is 5.70. The molecule has 0 atom stereocenters. The van der Waals surface area contributed by atoms with E-state index in [0.717, 1.165) is 35.4 Å². The molecule has 1 aliphatic carbocycles. The zero-order valence-corrected chi connectivity index (χ0v) is 25.1. The Bertz CT molecular complexity index is 1230. The molecule has 1 aliphatic rings. The Morgan fingerprint density at radius 2 is 1.66 bits per heavy atom. The van der Waals surface area contributed by atoms with Crippen LogP contribution in [-0.4, -0.2) is 46.4 Å². The van der Waals surface area contributed by atoms with Crippen LogP contribution in [0.3, 0.4) is 0 Å². The predicted molar refractivity (Wildman–Crippen MR) is 164 cm³/mol. The maximum absolute atomic E-state index is 14.0. The first-order valence-corrected chi connectivity index (χ1v) is 15.3. The molecule has 0 bridgehead atoms. The van der Waals surface area contributed by atoms with Crippen LogP contribution in [0.25, 0.3) is 0 Å². The minimum absolute atomic E-state index is 0.0130. The second kappa shape index (κ2) is 15.5. The van der Waals surface area contributed by atoms with E-state index in [1.165, 1.54) is 25.7 Å². The highest BCUT2D eigenvalue weighted by atomic mass is 16.5. The van der Waals surface area contributed by atoms with E-state index >= 15 is 0 Å². The molecule has 3 aromatic rings. The third-order valence-electron chi connectivity index (χ3n) is 8.23. The number of nitrogens with zero attached hydrogens (tertiary/aromatic N) is 3. The summed E-state index contributed by atoms with van der Waals surface area (Å²) in [6.07, 6.45) is 9.46. The molecule has 1 saturated carbocycles. The van der Waals surface area contributed by atoms with Crippen molar-refractivity contribution in [3.05, 3.63) is 89.7 Å². The third-order valence-corrected chi connectivity index (χ3v) is 8.23. The lowest BCUT2D eigenvalue weighted by Crippen LogP contribution is -2.43. The Balaban J connectivity index is 1.49. The van der Waals surface area contributed by atoms with E-state index in [2.05, 4.69) is 48.9 Å². The monoisotopic (exact) mass is 557 g/mol. The van der Waals surface area contributed by atoms with Crippen LogP contribution in [0.4, 0.5) is 0 Å². The van der Waals surface area contributed by atoms with Crippen LogP contribution in [0.2, 0.25) is 0 Å². The minimum Gasteiger partial charge on any atom is -0.497 e. The lowest BCUT2D eigenvalue weighted by Gasteiger charge is -2.29. The molecule has 2 amide bonds. The van der Waals surface area contributed by atoms with Gasteiger partial charge in [0.05, 0.1) is 20.2 Å². The van der Waals surface area contributed by atoms with Gasteiger partial charge in [-0.15, -0.1) is 0 Å². The van der Waals surface area contributed by atoms with Gasteiger partial charge in [0.2, 0.25) is 11.8 Å². The maximum Gasteiger partial charge on any atom is 0.242 e. The molecule has 6 heteroatoms. The highest BCUT2D eigenvalue weighted by molar-refractivity contribution is 5.85. The Morgan fingerprint density at radius 1 is 0.902 bits per heavy atom. The highest BCUT2D eigenvalue weighted by Gasteiger charge is 2.24. The molecule has 0 spiro atoms. The predicted octanol–water partition coefficient (Wildman–Crippen LogP) is 6.92. The summed E-state index contributed by atoms with van der Waals surface area (Å²) < 4.78 is 7.59. The van der Waals surface area contributed by atoms with Crippen LogP contribution in [0.15, 0.2) is 72.9 Å². The fourth-order valence-electron chi connectivity index (χ4n) is 5.70. The average molecular weight is 558 g/mol. The number of aromatic nitrogens is 1. The van der Waals surface area contributed by atoms with E-state index in [1.807, 2.05) is 52.3 Å². The van der Waals surface area contributed by atoms with Gasteiger partial charge in [0.15, 0.2) is 0 Å². The Kier molecular flexibility index (Phi) is 11.5. The van der Waals surface area contributed by atoms with Crippen molar-refractivity contribution >= 4 is 11.8 Å². The Labute approximate surface area is 246 Å². The number of carbonyl (C=O) groups excluding carboxylic acids is 2. The molecule has 41 heavy (non-hydrogen) atoms. The molecular weight excluding hydrogens is 510 g/mol. The fraction of sp³-hybridized carbons (Fsp3) is 0.486. The van der Waals surface area contributed by atoms with Crippen molar-refractivity contribution < 1.29 is 14.3 Å². The molecule has 0 aliphatic heterocycles. The quantitative estimate of drug-likeness (QED) is 0.204. The number of rotatable bonds is 15. The highest BCUT2D eigenvalue weighted by Crippen LogP contribution is 2.29. The second-order valence-electron chi connectivity index (χ2n) is 11.9. The van der Waals surface area contributed by atoms with Gasteiger partial charge in [-0.3, -0.25) is 9.59 Å². The van der Waals surface area contributed by atoms with Crippen molar-refractivity contribution in [3.63, 3.8) is 0 Å². The van der Waals surface area contributed by atoms with E-state index in [0.29, 0.717) is 44.4 Å². The number of hydrogen-bond donors (Lipinski definition) is 0. The van der Waals surface area contributed by atoms with Crippen LogP contribution in [-0.2, 0) is 29.2 Å². The standard InChI is InChI=1S/C35H47N3O3/c1-28(2)20-22-37(34(39)19-18-29-11-7-8-12-29)27-35(40)38(24-30-13-5-4-6-14-30)26-32-16-10-21-36(32)25-31-15-9-17-33(23-31)41-3/h4-6,9-10,13-17,21,23,28-29H,7-8,11-12,18-20,22,24-27H2,1-3H3. The van der Waals surface area contributed by atoms with Gasteiger partial charge in [-0.1, -0.05) is 82.0 Å². The lowest BCUT2D eigenvalue weighted by atomic mass is 10.0. The van der Waals surface area contributed by atoms with E-state index < -0.39 is 0 Å². The van der Waals surface area contributed by atoms with Crippen molar-refractivity contribution in [1.82, 2.24) is 14.4 Å². The molecule has 0 unspecified atom stereocenters. The van der Waals surface area contributed by atoms with Crippen LogP contribution in [0, 0.1) is 11.8 Å². The molecule has 0 radical (unpaired) electrons. The zero-order chi connectivity index (χ0) is 29.0. The van der Waals surface area contributed by atoms with Gasteiger partial charge in [0.25, 0.3) is 0 Å². The van der Waals surface area contributed by atoms with Gasteiger partial charge >= 0.3 is 0 Å². The minimum atomic E-state index is -0.0130.